The van der Waals surface area contributed by atoms with Crippen molar-refractivity contribution in [2.75, 3.05) is 33.3 Å². The Morgan fingerprint density at radius 2 is 1.91 bits per heavy atom. The third-order valence-corrected chi connectivity index (χ3v) is 5.19. The Morgan fingerprint density at radius 1 is 1.22 bits per heavy atom. The summed E-state index contributed by atoms with van der Waals surface area (Å²) < 4.78 is 6.88. The van der Waals surface area contributed by atoms with Crippen LogP contribution in [0.2, 0.25) is 0 Å². The monoisotopic (exact) mass is 401 g/mol. The quantitative estimate of drug-likeness (QED) is 0.398. The molecule has 0 amide bonds. The zero-order chi connectivity index (χ0) is 15.8. The first-order chi connectivity index (χ1) is 10.7. The zero-order valence-corrected chi connectivity index (χ0v) is 16.0. The van der Waals surface area contributed by atoms with E-state index < -0.39 is 0 Å². The molecule has 1 saturated heterocycles. The highest BCUT2D eigenvalue weighted by molar-refractivity contribution is 9.10. The number of carbonyl (C=O) groups excluding carboxylic acids is 1. The van der Waals surface area contributed by atoms with Crippen molar-refractivity contribution >= 4 is 21.9 Å². The van der Waals surface area contributed by atoms with Crippen LogP contribution in [-0.4, -0.2) is 43.7 Å². The van der Waals surface area contributed by atoms with Gasteiger partial charge >= 0.3 is 5.97 Å². The van der Waals surface area contributed by atoms with Gasteiger partial charge in [-0.15, -0.1) is 0 Å². The van der Waals surface area contributed by atoms with Crippen molar-refractivity contribution < 1.29 is 26.4 Å². The Labute approximate surface area is 153 Å². The minimum absolute atomic E-state index is 0. The number of quaternary nitrogens is 1. The van der Waals surface area contributed by atoms with E-state index in [0.29, 0.717) is 6.54 Å². The molecule has 0 aliphatic carbocycles. The van der Waals surface area contributed by atoms with Gasteiger partial charge in [0.15, 0.2) is 6.54 Å². The highest BCUT2D eigenvalue weighted by Crippen LogP contribution is 2.20. The Morgan fingerprint density at radius 3 is 2.57 bits per heavy atom. The molecular weight excluding hydrogens is 378 g/mol. The Hall–Kier alpha value is -0.840. The second kappa shape index (κ2) is 10.1. The Bertz CT molecular complexity index is 528. The van der Waals surface area contributed by atoms with Crippen molar-refractivity contribution in [1.29, 1.82) is 0 Å². The van der Waals surface area contributed by atoms with Crippen LogP contribution in [0.25, 0.3) is 0 Å². The van der Waals surface area contributed by atoms with Crippen LogP contribution >= 0.6 is 15.9 Å². The average Bonchev–Trinajstić information content (AvgIpc) is 2.54. The molecule has 128 valence electrons. The topological polar surface area (TPSA) is 26.3 Å². The highest BCUT2D eigenvalue weighted by atomic mass is 79.9. The molecule has 0 unspecified atom stereocenters. The van der Waals surface area contributed by atoms with Crippen molar-refractivity contribution in [2.45, 2.75) is 25.7 Å². The number of likely N-dealkylation sites (tertiary alicyclic amines) is 1. The van der Waals surface area contributed by atoms with Crippen molar-refractivity contribution in [3.05, 3.63) is 46.5 Å². The lowest BCUT2D eigenvalue weighted by molar-refractivity contribution is -0.920. The van der Waals surface area contributed by atoms with Crippen LogP contribution in [-0.2, 0) is 16.0 Å². The van der Waals surface area contributed by atoms with Gasteiger partial charge in [0.2, 0.25) is 0 Å². The van der Waals surface area contributed by atoms with Gasteiger partial charge in [-0.1, -0.05) is 40.2 Å². The molecule has 1 heterocycles. The van der Waals surface area contributed by atoms with Crippen LogP contribution < -0.4 is 12.4 Å². The summed E-state index contributed by atoms with van der Waals surface area (Å²) in [6, 6.07) is 8.29. The Kier molecular flexibility index (Phi) is 8.88. The normalized spacial score (nSPS) is 16.8. The van der Waals surface area contributed by atoms with E-state index in [1.807, 2.05) is 6.07 Å². The maximum atomic E-state index is 11.7. The molecule has 1 fully saturated rings. The lowest BCUT2D eigenvalue weighted by Gasteiger charge is -2.39. The van der Waals surface area contributed by atoms with Gasteiger partial charge in [0.25, 0.3) is 0 Å². The summed E-state index contributed by atoms with van der Waals surface area (Å²) in [5.41, 5.74) is 1.29. The molecule has 1 aromatic rings. The molecule has 1 aromatic carbocycles. The maximum absolute atomic E-state index is 11.7. The summed E-state index contributed by atoms with van der Waals surface area (Å²) in [6.07, 6.45) is 9.05. The van der Waals surface area contributed by atoms with Crippen LogP contribution in [0.5, 0.6) is 0 Å². The first-order valence-corrected chi connectivity index (χ1v) is 8.75. The van der Waals surface area contributed by atoms with Crippen molar-refractivity contribution in [2.24, 2.45) is 0 Å². The second-order valence-corrected chi connectivity index (χ2v) is 6.89. The van der Waals surface area contributed by atoms with Gasteiger partial charge in [-0.2, -0.15) is 0 Å². The number of esters is 1. The fourth-order valence-corrected chi connectivity index (χ4v) is 3.55. The van der Waals surface area contributed by atoms with E-state index in [-0.39, 0.29) is 18.4 Å². The van der Waals surface area contributed by atoms with E-state index in [2.05, 4.69) is 46.3 Å². The number of ether oxygens (including phenoxy) is 1. The van der Waals surface area contributed by atoms with Crippen LogP contribution in [0.3, 0.4) is 0 Å². The number of allylic oxidation sites excluding steroid dienone is 1. The van der Waals surface area contributed by atoms with Crippen LogP contribution in [0.4, 0.5) is 0 Å². The minimum atomic E-state index is -0.0962. The molecule has 0 N–H and O–H groups in total. The number of hydrogen-bond acceptors (Lipinski definition) is 2. The predicted octanol–water partition coefficient (Wildman–Crippen LogP) is 0.726. The molecule has 0 radical (unpaired) electrons. The van der Waals surface area contributed by atoms with Crippen molar-refractivity contribution in [3.63, 3.8) is 0 Å². The molecule has 0 atom stereocenters. The van der Waals surface area contributed by atoms with Gasteiger partial charge in [0.1, 0.15) is 0 Å². The number of piperidine rings is 1. The number of carbonyl (C=O) groups is 1. The molecule has 1 aliphatic rings. The number of nitrogens with zero attached hydrogens (tertiary/aromatic N) is 1. The predicted molar refractivity (Wildman–Crippen MR) is 92.6 cm³/mol. The van der Waals surface area contributed by atoms with E-state index in [4.69, 9.17) is 4.74 Å². The Balaban J connectivity index is 0.00000264. The van der Waals surface area contributed by atoms with Gasteiger partial charge in [0, 0.05) is 4.47 Å². The van der Waals surface area contributed by atoms with E-state index in [9.17, 15) is 4.79 Å². The molecule has 0 spiro atoms. The number of rotatable bonds is 6. The number of halogens is 2. The van der Waals surface area contributed by atoms with E-state index >= 15 is 0 Å². The van der Waals surface area contributed by atoms with Gasteiger partial charge in [-0.05, 0) is 43.4 Å². The smallest absolute Gasteiger partial charge is 0.361 e. The van der Waals surface area contributed by atoms with Crippen LogP contribution in [0.1, 0.15) is 24.8 Å². The molecule has 2 rings (SSSR count). The van der Waals surface area contributed by atoms with E-state index in [0.717, 1.165) is 35.0 Å². The maximum Gasteiger partial charge on any atom is 0.361 e. The second-order valence-electron chi connectivity index (χ2n) is 6.03. The van der Waals surface area contributed by atoms with Crippen molar-refractivity contribution in [1.82, 2.24) is 0 Å². The molecule has 3 nitrogen and oxygen atoms in total. The fourth-order valence-electron chi connectivity index (χ4n) is 3.10. The van der Waals surface area contributed by atoms with Crippen LogP contribution in [0, 0.1) is 0 Å². The first-order valence-electron chi connectivity index (χ1n) is 7.95. The summed E-state index contributed by atoms with van der Waals surface area (Å²) in [5.74, 6) is -0.0962. The molecule has 0 aromatic heterocycles. The molecule has 23 heavy (non-hydrogen) atoms. The van der Waals surface area contributed by atoms with Gasteiger partial charge in [-0.3, -0.25) is 0 Å². The SMILES string of the molecule is COC(=O)C[N+]1(C/C=C/Cc2ccccc2Br)CCCCC1.[Cl-]. The molecule has 0 saturated carbocycles. The van der Waals surface area contributed by atoms with Crippen LogP contribution in [0.15, 0.2) is 40.9 Å². The fraction of sp³-hybridized carbons (Fsp3) is 0.500. The molecule has 1 aliphatic heterocycles. The molecule has 5 heteroatoms. The largest absolute Gasteiger partial charge is 1.00 e. The third-order valence-electron chi connectivity index (χ3n) is 4.41. The standard InChI is InChI=1S/C18H25BrNO2.ClH/c1-22-18(21)15-20(12-6-2-7-13-20)14-8-5-10-16-9-3-4-11-17(16)19;/h3-5,8-9,11H,2,6-7,10,12-15H2,1H3;1H/q+1;/p-1/b8-5+;. The lowest BCUT2D eigenvalue weighted by atomic mass is 10.1. The van der Waals surface area contributed by atoms with Gasteiger partial charge in [-0.25, -0.2) is 4.79 Å². The summed E-state index contributed by atoms with van der Waals surface area (Å²) in [4.78, 5) is 11.7. The summed E-state index contributed by atoms with van der Waals surface area (Å²) in [7, 11) is 1.48. The summed E-state index contributed by atoms with van der Waals surface area (Å²) in [5, 5.41) is 0. The lowest BCUT2D eigenvalue weighted by Crippen LogP contribution is -3.00. The van der Waals surface area contributed by atoms with Gasteiger partial charge in [0.05, 0.1) is 26.7 Å². The molecule has 0 bridgehead atoms. The highest BCUT2D eigenvalue weighted by Gasteiger charge is 2.31. The summed E-state index contributed by atoms with van der Waals surface area (Å²) >= 11 is 3.58. The number of methoxy groups -OCH3 is 1. The van der Waals surface area contributed by atoms with Crippen molar-refractivity contribution in [3.8, 4) is 0 Å². The summed E-state index contributed by atoms with van der Waals surface area (Å²) in [6.45, 7) is 3.57. The third kappa shape index (κ3) is 6.28. The number of hydrogen-bond donors (Lipinski definition) is 0. The number of benzene rings is 1. The zero-order valence-electron chi connectivity index (χ0n) is 13.6. The van der Waals surface area contributed by atoms with Gasteiger partial charge < -0.3 is 21.6 Å². The first kappa shape index (κ1) is 20.2. The molecular formula is C18H25BrClNO2. The van der Waals surface area contributed by atoms with E-state index in [1.165, 1.54) is 31.9 Å². The van der Waals surface area contributed by atoms with E-state index in [1.54, 1.807) is 0 Å². The average molecular weight is 403 g/mol. The minimum Gasteiger partial charge on any atom is -1.00 e.